The monoisotopic (exact) mass is 308 g/mol. The second-order valence-corrected chi connectivity index (χ2v) is 6.25. The number of likely N-dealkylation sites (N-methyl/N-ethyl adjacent to an activating group) is 1. The third-order valence-corrected chi connectivity index (χ3v) is 4.65. The number of hydrogen-bond acceptors (Lipinski definition) is 4. The predicted molar refractivity (Wildman–Crippen MR) is 85.3 cm³/mol. The molecule has 0 aromatic heterocycles. The summed E-state index contributed by atoms with van der Waals surface area (Å²) in [7, 11) is 2.02. The third kappa shape index (κ3) is 4.57. The van der Waals surface area contributed by atoms with Gasteiger partial charge >= 0.3 is 5.97 Å². The summed E-state index contributed by atoms with van der Waals surface area (Å²) in [4.78, 5) is 28.1. The molecule has 2 aliphatic rings. The van der Waals surface area contributed by atoms with Crippen molar-refractivity contribution in [3.8, 4) is 0 Å². The van der Waals surface area contributed by atoms with Crippen LogP contribution in [0.1, 0.15) is 39.0 Å². The average molecular weight is 308 g/mol. The number of rotatable bonds is 5. The van der Waals surface area contributed by atoms with Gasteiger partial charge in [-0.1, -0.05) is 12.2 Å². The molecule has 22 heavy (non-hydrogen) atoms. The van der Waals surface area contributed by atoms with Crippen molar-refractivity contribution < 1.29 is 14.3 Å². The summed E-state index contributed by atoms with van der Waals surface area (Å²) >= 11 is 0. The molecule has 1 saturated heterocycles. The highest BCUT2D eigenvalue weighted by atomic mass is 16.5. The van der Waals surface area contributed by atoms with Gasteiger partial charge in [0.1, 0.15) is 0 Å². The molecule has 5 nitrogen and oxygen atoms in total. The Hall–Kier alpha value is -1.36. The average Bonchev–Trinajstić information content (AvgIpc) is 2.56. The highest BCUT2D eigenvalue weighted by Gasteiger charge is 2.29. The molecular weight excluding hydrogens is 280 g/mol. The molecule has 0 spiro atoms. The van der Waals surface area contributed by atoms with E-state index in [1.807, 2.05) is 18.9 Å². The number of likely N-dealkylation sites (tertiary alicyclic amines) is 1. The Balaban J connectivity index is 1.76. The highest BCUT2D eigenvalue weighted by Crippen LogP contribution is 2.20. The molecule has 0 aromatic rings. The summed E-state index contributed by atoms with van der Waals surface area (Å²) in [6.07, 6.45) is 9.34. The van der Waals surface area contributed by atoms with Crippen LogP contribution >= 0.6 is 0 Å². The van der Waals surface area contributed by atoms with Crippen LogP contribution in [0.5, 0.6) is 0 Å². The molecule has 0 saturated carbocycles. The van der Waals surface area contributed by atoms with E-state index in [1.165, 1.54) is 6.42 Å². The summed E-state index contributed by atoms with van der Waals surface area (Å²) < 4.78 is 5.06. The zero-order valence-electron chi connectivity index (χ0n) is 13.8. The van der Waals surface area contributed by atoms with Gasteiger partial charge in [-0.25, -0.2) is 0 Å². The van der Waals surface area contributed by atoms with Crippen molar-refractivity contribution in [3.63, 3.8) is 0 Å². The lowest BCUT2D eigenvalue weighted by Gasteiger charge is -2.33. The number of carbonyl (C=O) groups is 2. The van der Waals surface area contributed by atoms with E-state index in [1.54, 1.807) is 0 Å². The molecule has 2 rings (SSSR count). The van der Waals surface area contributed by atoms with Crippen LogP contribution in [0, 0.1) is 5.92 Å². The lowest BCUT2D eigenvalue weighted by molar-refractivity contribution is -0.151. The van der Waals surface area contributed by atoms with Crippen LogP contribution < -0.4 is 0 Å². The standard InChI is InChI=1S/C17H28N2O3/c1-3-22-17(21)14-9-11-19(12-10-14)16(20)13-18(2)15-7-5-4-6-8-15/h5,7,14-15H,3-4,6,8-13H2,1-2H3. The topological polar surface area (TPSA) is 49.9 Å². The molecule has 1 aliphatic carbocycles. The zero-order chi connectivity index (χ0) is 15.9. The van der Waals surface area contributed by atoms with Crippen molar-refractivity contribution in [1.82, 2.24) is 9.80 Å². The SMILES string of the molecule is CCOC(=O)C1CCN(C(=O)CN(C)C2C=CCCC2)CC1. The lowest BCUT2D eigenvalue weighted by atomic mass is 9.97. The van der Waals surface area contributed by atoms with Gasteiger partial charge in [-0.05, 0) is 46.1 Å². The van der Waals surface area contributed by atoms with Crippen LogP contribution in [0.4, 0.5) is 0 Å². The molecule has 0 N–H and O–H groups in total. The van der Waals surface area contributed by atoms with Crippen LogP contribution in [0.3, 0.4) is 0 Å². The first kappa shape index (κ1) is 17.0. The van der Waals surface area contributed by atoms with E-state index >= 15 is 0 Å². The van der Waals surface area contributed by atoms with E-state index in [9.17, 15) is 9.59 Å². The van der Waals surface area contributed by atoms with Gasteiger partial charge in [0.25, 0.3) is 0 Å². The Kier molecular flexibility index (Phi) is 6.43. The van der Waals surface area contributed by atoms with Crippen LogP contribution in [-0.4, -0.2) is 61.0 Å². The van der Waals surface area contributed by atoms with Gasteiger partial charge in [0.05, 0.1) is 19.1 Å². The van der Waals surface area contributed by atoms with E-state index in [0.29, 0.717) is 32.3 Å². The second kappa shape index (κ2) is 8.32. The number of nitrogens with zero attached hydrogens (tertiary/aromatic N) is 2. The summed E-state index contributed by atoms with van der Waals surface area (Å²) in [6.45, 7) is 4.04. The smallest absolute Gasteiger partial charge is 0.309 e. The fourth-order valence-electron chi connectivity index (χ4n) is 3.22. The van der Waals surface area contributed by atoms with Crippen molar-refractivity contribution in [1.29, 1.82) is 0 Å². The molecule has 1 aliphatic heterocycles. The molecule has 1 fully saturated rings. The predicted octanol–water partition coefficient (Wildman–Crippen LogP) is 1.83. The molecule has 0 radical (unpaired) electrons. The van der Waals surface area contributed by atoms with E-state index < -0.39 is 0 Å². The number of piperidine rings is 1. The molecule has 1 amide bonds. The minimum atomic E-state index is -0.112. The van der Waals surface area contributed by atoms with Crippen LogP contribution in [0.15, 0.2) is 12.2 Å². The number of ether oxygens (including phenoxy) is 1. The minimum absolute atomic E-state index is 0.0389. The van der Waals surface area contributed by atoms with Crippen LogP contribution in [-0.2, 0) is 14.3 Å². The van der Waals surface area contributed by atoms with Gasteiger partial charge in [0, 0.05) is 19.1 Å². The van der Waals surface area contributed by atoms with Crippen LogP contribution in [0.25, 0.3) is 0 Å². The van der Waals surface area contributed by atoms with E-state index in [4.69, 9.17) is 4.74 Å². The van der Waals surface area contributed by atoms with Crippen molar-refractivity contribution in [2.45, 2.75) is 45.1 Å². The summed E-state index contributed by atoms with van der Waals surface area (Å²) in [5, 5.41) is 0. The number of amides is 1. The molecule has 1 atom stereocenters. The second-order valence-electron chi connectivity index (χ2n) is 6.25. The molecule has 0 bridgehead atoms. The van der Waals surface area contributed by atoms with Crippen LogP contribution in [0.2, 0.25) is 0 Å². The molecule has 5 heteroatoms. The van der Waals surface area contributed by atoms with Gasteiger partial charge < -0.3 is 9.64 Å². The summed E-state index contributed by atoms with van der Waals surface area (Å²) in [5.41, 5.74) is 0. The van der Waals surface area contributed by atoms with Crippen molar-refractivity contribution >= 4 is 11.9 Å². The van der Waals surface area contributed by atoms with E-state index in [0.717, 1.165) is 25.7 Å². The molecule has 0 aromatic carbocycles. The van der Waals surface area contributed by atoms with E-state index in [2.05, 4.69) is 17.1 Å². The Morgan fingerprint density at radius 3 is 2.59 bits per heavy atom. The molecule has 1 unspecified atom stereocenters. The Morgan fingerprint density at radius 1 is 1.27 bits per heavy atom. The van der Waals surface area contributed by atoms with E-state index in [-0.39, 0.29) is 17.8 Å². The Labute approximate surface area is 133 Å². The Morgan fingerprint density at radius 2 is 2.00 bits per heavy atom. The number of allylic oxidation sites excluding steroid dienone is 1. The van der Waals surface area contributed by atoms with Crippen molar-refractivity contribution in [2.24, 2.45) is 5.92 Å². The number of carbonyl (C=O) groups excluding carboxylic acids is 2. The fraction of sp³-hybridized carbons (Fsp3) is 0.765. The maximum absolute atomic E-state index is 12.4. The fourth-order valence-corrected chi connectivity index (χ4v) is 3.22. The highest BCUT2D eigenvalue weighted by molar-refractivity contribution is 5.79. The van der Waals surface area contributed by atoms with Gasteiger partial charge in [-0.3, -0.25) is 14.5 Å². The molecule has 124 valence electrons. The first-order chi connectivity index (χ1) is 10.6. The molecular formula is C17H28N2O3. The lowest BCUT2D eigenvalue weighted by Crippen LogP contribution is -2.46. The summed E-state index contributed by atoms with van der Waals surface area (Å²) in [6, 6.07) is 0.384. The third-order valence-electron chi connectivity index (χ3n) is 4.65. The van der Waals surface area contributed by atoms with Crippen molar-refractivity contribution in [2.75, 3.05) is 33.3 Å². The normalized spacial score (nSPS) is 22.9. The Bertz CT molecular complexity index is 414. The van der Waals surface area contributed by atoms with Gasteiger partial charge in [0.15, 0.2) is 0 Å². The van der Waals surface area contributed by atoms with Crippen molar-refractivity contribution in [3.05, 3.63) is 12.2 Å². The maximum Gasteiger partial charge on any atom is 0.309 e. The quantitative estimate of drug-likeness (QED) is 0.574. The van der Waals surface area contributed by atoms with Gasteiger partial charge in [-0.2, -0.15) is 0 Å². The first-order valence-corrected chi connectivity index (χ1v) is 8.43. The first-order valence-electron chi connectivity index (χ1n) is 8.43. The minimum Gasteiger partial charge on any atom is -0.466 e. The summed E-state index contributed by atoms with van der Waals surface area (Å²) in [5.74, 6) is 0.0193. The van der Waals surface area contributed by atoms with Gasteiger partial charge in [0.2, 0.25) is 5.91 Å². The van der Waals surface area contributed by atoms with Gasteiger partial charge in [-0.15, -0.1) is 0 Å². The largest absolute Gasteiger partial charge is 0.466 e. The maximum atomic E-state index is 12.4. The number of hydrogen-bond donors (Lipinski definition) is 0. The number of esters is 1. The zero-order valence-corrected chi connectivity index (χ0v) is 13.8. The molecule has 1 heterocycles.